The quantitative estimate of drug-likeness (QED) is 0.737. The highest BCUT2D eigenvalue weighted by molar-refractivity contribution is 6.33. The minimum absolute atomic E-state index is 0.242. The van der Waals surface area contributed by atoms with Crippen molar-refractivity contribution in [2.75, 3.05) is 19.4 Å². The molecule has 1 aromatic carbocycles. The molecule has 0 aliphatic rings. The van der Waals surface area contributed by atoms with Gasteiger partial charge in [0.15, 0.2) is 0 Å². The largest absolute Gasteiger partial charge is 0.331 e. The lowest BCUT2D eigenvalue weighted by Crippen LogP contribution is -2.27. The lowest BCUT2D eigenvalue weighted by atomic mass is 10.0. The van der Waals surface area contributed by atoms with E-state index < -0.39 is 0 Å². The van der Waals surface area contributed by atoms with Gasteiger partial charge in [0.25, 0.3) is 0 Å². The van der Waals surface area contributed by atoms with Crippen LogP contribution in [0.4, 0.5) is 10.6 Å². The number of benzene rings is 1. The molecule has 132 valence electrons. The fourth-order valence-electron chi connectivity index (χ4n) is 2.43. The number of carbonyl (C=O) groups excluding carboxylic acids is 1. The van der Waals surface area contributed by atoms with E-state index in [2.05, 4.69) is 15.3 Å². The number of rotatable bonds is 3. The van der Waals surface area contributed by atoms with E-state index in [1.807, 2.05) is 24.3 Å². The molecule has 0 aliphatic carbocycles. The Bertz CT molecular complexity index is 1010. The van der Waals surface area contributed by atoms with Gasteiger partial charge in [-0.2, -0.15) is 0 Å². The predicted octanol–water partition coefficient (Wildman–Crippen LogP) is 3.85. The highest BCUT2D eigenvalue weighted by atomic mass is 35.5. The molecule has 0 radical (unpaired) electrons. The Morgan fingerprint density at radius 3 is 2.62 bits per heavy atom. The summed E-state index contributed by atoms with van der Waals surface area (Å²) in [6, 6.07) is 13.8. The molecular formula is C19H17ClN4O2. The molecule has 0 saturated heterocycles. The summed E-state index contributed by atoms with van der Waals surface area (Å²) < 4.78 is 0. The summed E-state index contributed by atoms with van der Waals surface area (Å²) in [6.07, 6.45) is 1.58. The first-order valence-electron chi connectivity index (χ1n) is 7.88. The number of halogens is 1. The minimum Gasteiger partial charge on any atom is -0.331 e. The Labute approximate surface area is 155 Å². The van der Waals surface area contributed by atoms with Gasteiger partial charge in [0.05, 0.1) is 5.69 Å². The summed E-state index contributed by atoms with van der Waals surface area (Å²) in [5.74, 6) is 0.403. The molecule has 2 aromatic heterocycles. The number of carbonyl (C=O) groups is 1. The molecule has 2 N–H and O–H groups in total. The number of hydrogen-bond donors (Lipinski definition) is 2. The molecule has 2 heterocycles. The van der Waals surface area contributed by atoms with Crippen LogP contribution in [0.2, 0.25) is 5.02 Å². The molecule has 0 bridgehead atoms. The van der Waals surface area contributed by atoms with E-state index in [1.165, 1.54) is 11.0 Å². The Balaban J connectivity index is 2.01. The van der Waals surface area contributed by atoms with Gasteiger partial charge in [-0.25, -0.2) is 9.78 Å². The third-order valence-corrected chi connectivity index (χ3v) is 4.07. The van der Waals surface area contributed by atoms with E-state index in [9.17, 15) is 9.59 Å². The summed E-state index contributed by atoms with van der Waals surface area (Å²) in [5.41, 5.74) is 2.57. The van der Waals surface area contributed by atoms with Gasteiger partial charge in [-0.05, 0) is 35.4 Å². The summed E-state index contributed by atoms with van der Waals surface area (Å²) in [4.78, 5) is 32.3. The lowest BCUT2D eigenvalue weighted by molar-refractivity contribution is 0.230. The van der Waals surface area contributed by atoms with Crippen molar-refractivity contribution >= 4 is 23.4 Å². The van der Waals surface area contributed by atoms with Crippen molar-refractivity contribution in [3.63, 3.8) is 0 Å². The maximum atomic E-state index is 12.1. The third-order valence-electron chi connectivity index (χ3n) is 3.74. The second kappa shape index (κ2) is 7.41. The maximum absolute atomic E-state index is 12.1. The number of nitrogens with zero attached hydrogens (tertiary/aromatic N) is 2. The topological polar surface area (TPSA) is 78.1 Å². The van der Waals surface area contributed by atoms with Crippen molar-refractivity contribution < 1.29 is 4.79 Å². The maximum Gasteiger partial charge on any atom is 0.322 e. The average molecular weight is 369 g/mol. The number of hydrogen-bond acceptors (Lipinski definition) is 3. The Morgan fingerprint density at radius 2 is 1.88 bits per heavy atom. The number of pyridine rings is 2. The Kier molecular flexibility index (Phi) is 5.04. The molecule has 2 amide bonds. The zero-order chi connectivity index (χ0) is 18.7. The van der Waals surface area contributed by atoms with Crippen LogP contribution in [0.1, 0.15) is 0 Å². The SMILES string of the molecule is CN(C)C(=O)Nc1cc(-c2cc(-c3ccccc3Cl)[nH]c(=O)c2)ccn1. The van der Waals surface area contributed by atoms with Crippen LogP contribution in [0.3, 0.4) is 0 Å². The molecular weight excluding hydrogens is 352 g/mol. The molecule has 0 atom stereocenters. The summed E-state index contributed by atoms with van der Waals surface area (Å²) >= 11 is 6.24. The van der Waals surface area contributed by atoms with Crippen LogP contribution < -0.4 is 10.9 Å². The van der Waals surface area contributed by atoms with Crippen LogP contribution in [-0.4, -0.2) is 35.0 Å². The normalized spacial score (nSPS) is 10.4. The Hall–Kier alpha value is -3.12. The molecule has 0 saturated carbocycles. The number of nitrogens with one attached hydrogen (secondary N) is 2. The van der Waals surface area contributed by atoms with Gasteiger partial charge in [-0.1, -0.05) is 29.8 Å². The van der Waals surface area contributed by atoms with E-state index in [4.69, 9.17) is 11.6 Å². The van der Waals surface area contributed by atoms with E-state index in [-0.39, 0.29) is 11.6 Å². The van der Waals surface area contributed by atoms with Crippen molar-refractivity contribution in [3.05, 3.63) is 70.1 Å². The first-order valence-corrected chi connectivity index (χ1v) is 8.26. The van der Waals surface area contributed by atoms with Crippen LogP contribution >= 0.6 is 11.6 Å². The zero-order valence-electron chi connectivity index (χ0n) is 14.3. The van der Waals surface area contributed by atoms with Crippen LogP contribution in [0.25, 0.3) is 22.4 Å². The molecule has 3 rings (SSSR count). The van der Waals surface area contributed by atoms with Crippen molar-refractivity contribution in [3.8, 4) is 22.4 Å². The van der Waals surface area contributed by atoms with Crippen molar-refractivity contribution in [1.82, 2.24) is 14.9 Å². The highest BCUT2D eigenvalue weighted by Crippen LogP contribution is 2.28. The van der Waals surface area contributed by atoms with Gasteiger partial charge < -0.3 is 9.88 Å². The second-order valence-electron chi connectivity index (χ2n) is 5.88. The number of H-pyrrole nitrogens is 1. The van der Waals surface area contributed by atoms with Crippen molar-refractivity contribution in [1.29, 1.82) is 0 Å². The predicted molar refractivity (Wildman–Crippen MR) is 103 cm³/mol. The van der Waals surface area contributed by atoms with E-state index in [0.29, 0.717) is 22.1 Å². The second-order valence-corrected chi connectivity index (χ2v) is 6.29. The van der Waals surface area contributed by atoms with Gasteiger partial charge in [-0.15, -0.1) is 0 Å². The van der Waals surface area contributed by atoms with Gasteiger partial charge in [0.1, 0.15) is 5.82 Å². The first-order chi connectivity index (χ1) is 12.4. The smallest absolute Gasteiger partial charge is 0.322 e. The molecule has 6 nitrogen and oxygen atoms in total. The van der Waals surface area contributed by atoms with E-state index >= 15 is 0 Å². The van der Waals surface area contributed by atoms with Gasteiger partial charge in [-0.3, -0.25) is 10.1 Å². The van der Waals surface area contributed by atoms with Gasteiger partial charge in [0, 0.05) is 36.9 Å². The third kappa shape index (κ3) is 3.92. The van der Waals surface area contributed by atoms with Gasteiger partial charge in [0.2, 0.25) is 5.56 Å². The molecule has 7 heteroatoms. The van der Waals surface area contributed by atoms with E-state index in [1.54, 1.807) is 38.5 Å². The fraction of sp³-hybridized carbons (Fsp3) is 0.105. The molecule has 0 aliphatic heterocycles. The molecule has 0 fully saturated rings. The Morgan fingerprint density at radius 1 is 1.12 bits per heavy atom. The molecule has 0 unspecified atom stereocenters. The first kappa shape index (κ1) is 17.7. The van der Waals surface area contributed by atoms with Crippen LogP contribution in [0.15, 0.2) is 59.5 Å². The molecule has 26 heavy (non-hydrogen) atoms. The number of aromatic nitrogens is 2. The van der Waals surface area contributed by atoms with Crippen molar-refractivity contribution in [2.24, 2.45) is 0 Å². The molecule has 3 aromatic rings. The standard InChI is InChI=1S/C19H17ClN4O2/c1-24(2)19(26)23-17-10-12(7-8-21-17)13-9-16(22-18(25)11-13)14-5-3-4-6-15(14)20/h3-11H,1-2H3,(H,22,25)(H,21,23,26). The summed E-state index contributed by atoms with van der Waals surface area (Å²) in [5, 5.41) is 3.24. The zero-order valence-corrected chi connectivity index (χ0v) is 15.0. The number of aromatic amines is 1. The van der Waals surface area contributed by atoms with Crippen LogP contribution in [0, 0.1) is 0 Å². The van der Waals surface area contributed by atoms with Gasteiger partial charge >= 0.3 is 6.03 Å². The highest BCUT2D eigenvalue weighted by Gasteiger charge is 2.09. The minimum atomic E-state index is -0.280. The number of urea groups is 1. The molecule has 0 spiro atoms. The van der Waals surface area contributed by atoms with Crippen LogP contribution in [-0.2, 0) is 0 Å². The fourth-order valence-corrected chi connectivity index (χ4v) is 2.67. The van der Waals surface area contributed by atoms with E-state index in [0.717, 1.165) is 11.1 Å². The van der Waals surface area contributed by atoms with Crippen LogP contribution in [0.5, 0.6) is 0 Å². The average Bonchev–Trinajstić information content (AvgIpc) is 2.61. The summed E-state index contributed by atoms with van der Waals surface area (Å²) in [7, 11) is 3.29. The van der Waals surface area contributed by atoms with Crippen molar-refractivity contribution in [2.45, 2.75) is 0 Å². The lowest BCUT2D eigenvalue weighted by Gasteiger charge is -2.12. The number of anilines is 1. The monoisotopic (exact) mass is 368 g/mol. The summed E-state index contributed by atoms with van der Waals surface area (Å²) in [6.45, 7) is 0. The number of amides is 2.